The number of fused-ring (bicyclic) bond motifs is 1. The van der Waals surface area contributed by atoms with Gasteiger partial charge in [-0.05, 0) is 42.8 Å². The summed E-state index contributed by atoms with van der Waals surface area (Å²) in [4.78, 5) is 20.6. The molecule has 0 bridgehead atoms. The molecular weight excluding hydrogens is 425 g/mol. The number of nitrogens with zero attached hydrogens (tertiary/aromatic N) is 2. The van der Waals surface area contributed by atoms with E-state index in [2.05, 4.69) is 15.3 Å². The highest BCUT2D eigenvalue weighted by molar-refractivity contribution is 8.15. The molecule has 1 aromatic carbocycles. The lowest BCUT2D eigenvalue weighted by atomic mass is 9.86. The molecule has 2 aromatic rings. The Morgan fingerprint density at radius 3 is 2.72 bits per heavy atom. The first-order valence-electron chi connectivity index (χ1n) is 8.45. The van der Waals surface area contributed by atoms with Crippen molar-refractivity contribution < 1.29 is 18.0 Å². The van der Waals surface area contributed by atoms with Crippen LogP contribution in [0.15, 0.2) is 53.2 Å². The van der Waals surface area contributed by atoms with Crippen molar-refractivity contribution in [3.8, 4) is 0 Å². The number of nitrogens with two attached hydrogens (primary N) is 1. The zero-order valence-corrected chi connectivity index (χ0v) is 16.5. The summed E-state index contributed by atoms with van der Waals surface area (Å²) in [5.41, 5.74) is 5.10. The number of amides is 1. The highest BCUT2D eigenvalue weighted by atomic mass is 35.5. The normalized spacial score (nSPS) is 25.2. The predicted octanol–water partition coefficient (Wildman–Crippen LogP) is 4.35. The van der Waals surface area contributed by atoms with Crippen LogP contribution in [0.5, 0.6) is 0 Å². The summed E-state index contributed by atoms with van der Waals surface area (Å²) >= 11 is 6.52. The third-order valence-electron chi connectivity index (χ3n) is 4.86. The molecule has 2 atom stereocenters. The summed E-state index contributed by atoms with van der Waals surface area (Å²) in [6.45, 7) is 1.53. The van der Waals surface area contributed by atoms with Gasteiger partial charge in [0.15, 0.2) is 5.17 Å². The SMILES string of the molecule is C[C@]1(c2cc(NC(=O)c3ccc(Cl)cn3)ccc2F)N=C(N)S[C@@]2(C(F)F)C=C12. The molecule has 0 saturated heterocycles. The maximum Gasteiger partial charge on any atom is 0.274 e. The van der Waals surface area contributed by atoms with Crippen LogP contribution in [0.1, 0.15) is 23.0 Å². The molecule has 1 amide bonds. The highest BCUT2D eigenvalue weighted by Gasteiger charge is 2.63. The number of benzene rings is 1. The Hall–Kier alpha value is -2.52. The lowest BCUT2D eigenvalue weighted by molar-refractivity contribution is 0.102. The standard InChI is InChI=1S/C19H14ClF3N4OS/c1-18(14-7-19(14,16(22)23)29-17(24)27-18)11-6-10(3-4-12(11)21)26-15(28)13-5-2-9(20)8-25-13/h2-8,16H,1H3,(H2,24,27)(H,26,28)/t18-,19+/m1/s1. The number of thioether (sulfide) groups is 1. The number of pyridine rings is 1. The number of hydrogen-bond donors (Lipinski definition) is 2. The van der Waals surface area contributed by atoms with E-state index in [1.165, 1.54) is 43.5 Å². The highest BCUT2D eigenvalue weighted by Crippen LogP contribution is 2.62. The monoisotopic (exact) mass is 438 g/mol. The number of anilines is 1. The van der Waals surface area contributed by atoms with Gasteiger partial charge in [-0.25, -0.2) is 23.1 Å². The predicted molar refractivity (Wildman–Crippen MR) is 107 cm³/mol. The van der Waals surface area contributed by atoms with Crippen LogP contribution in [0.4, 0.5) is 18.9 Å². The van der Waals surface area contributed by atoms with E-state index in [-0.39, 0.29) is 22.1 Å². The zero-order chi connectivity index (χ0) is 21.0. The molecule has 1 aromatic heterocycles. The van der Waals surface area contributed by atoms with E-state index in [9.17, 15) is 18.0 Å². The number of aromatic nitrogens is 1. The molecule has 0 spiro atoms. The Morgan fingerprint density at radius 2 is 2.07 bits per heavy atom. The molecule has 0 fully saturated rings. The number of carbonyl (C=O) groups is 1. The molecular formula is C19H14ClF3N4OS. The molecule has 1 aliphatic heterocycles. The molecule has 0 radical (unpaired) electrons. The Labute approximate surface area is 173 Å². The van der Waals surface area contributed by atoms with Gasteiger partial charge in [-0.1, -0.05) is 29.4 Å². The largest absolute Gasteiger partial charge is 0.378 e. The average molecular weight is 439 g/mol. The number of aliphatic imine (C=N–C) groups is 1. The first-order chi connectivity index (χ1) is 13.7. The number of amidine groups is 1. The minimum absolute atomic E-state index is 0.0383. The Balaban J connectivity index is 1.67. The summed E-state index contributed by atoms with van der Waals surface area (Å²) in [7, 11) is 0. The van der Waals surface area contributed by atoms with Gasteiger partial charge in [-0.3, -0.25) is 4.79 Å². The summed E-state index contributed by atoms with van der Waals surface area (Å²) < 4.78 is 40.3. The van der Waals surface area contributed by atoms with Gasteiger partial charge in [0.25, 0.3) is 12.3 Å². The number of halogens is 4. The molecule has 2 aliphatic rings. The van der Waals surface area contributed by atoms with E-state index >= 15 is 0 Å². The van der Waals surface area contributed by atoms with E-state index in [4.69, 9.17) is 17.3 Å². The van der Waals surface area contributed by atoms with Crippen molar-refractivity contribution in [2.45, 2.75) is 23.6 Å². The van der Waals surface area contributed by atoms with Crippen molar-refractivity contribution in [1.29, 1.82) is 0 Å². The van der Waals surface area contributed by atoms with Gasteiger partial charge in [-0.15, -0.1) is 0 Å². The van der Waals surface area contributed by atoms with Crippen LogP contribution >= 0.6 is 23.4 Å². The van der Waals surface area contributed by atoms with Gasteiger partial charge in [0.05, 0.1) is 5.02 Å². The second-order valence-electron chi connectivity index (χ2n) is 6.79. The number of hydrogen-bond acceptors (Lipinski definition) is 5. The molecule has 2 heterocycles. The van der Waals surface area contributed by atoms with Gasteiger partial charge in [0, 0.05) is 17.4 Å². The van der Waals surface area contributed by atoms with E-state index < -0.39 is 28.4 Å². The average Bonchev–Trinajstić information content (AvgIpc) is 3.40. The van der Waals surface area contributed by atoms with E-state index in [1.54, 1.807) is 0 Å². The Morgan fingerprint density at radius 1 is 1.31 bits per heavy atom. The molecule has 3 N–H and O–H groups in total. The van der Waals surface area contributed by atoms with Gasteiger partial charge < -0.3 is 11.1 Å². The van der Waals surface area contributed by atoms with Crippen LogP contribution in [0.3, 0.4) is 0 Å². The minimum atomic E-state index is -2.70. The van der Waals surface area contributed by atoms with Gasteiger partial charge >= 0.3 is 0 Å². The number of rotatable bonds is 4. The van der Waals surface area contributed by atoms with Crippen molar-refractivity contribution in [3.05, 3.63) is 70.3 Å². The molecule has 5 nitrogen and oxygen atoms in total. The fraction of sp³-hybridized carbons (Fsp3) is 0.211. The van der Waals surface area contributed by atoms with E-state index in [0.717, 1.165) is 17.8 Å². The van der Waals surface area contributed by atoms with Crippen LogP contribution in [0.2, 0.25) is 5.02 Å². The van der Waals surface area contributed by atoms with Crippen molar-refractivity contribution in [3.63, 3.8) is 0 Å². The van der Waals surface area contributed by atoms with Crippen LogP contribution in [0, 0.1) is 5.82 Å². The second kappa shape index (κ2) is 6.77. The summed E-state index contributed by atoms with van der Waals surface area (Å²) in [5.74, 6) is -1.17. The van der Waals surface area contributed by atoms with E-state index in [0.29, 0.717) is 10.6 Å². The first-order valence-corrected chi connectivity index (χ1v) is 9.64. The fourth-order valence-corrected chi connectivity index (χ4v) is 4.63. The number of alkyl halides is 2. The first kappa shape index (κ1) is 19.8. The van der Waals surface area contributed by atoms with Crippen molar-refractivity contribution >= 4 is 40.1 Å². The summed E-state index contributed by atoms with van der Waals surface area (Å²) in [6.07, 6.45) is 0.000242. The topological polar surface area (TPSA) is 80.4 Å². The summed E-state index contributed by atoms with van der Waals surface area (Å²) in [6, 6.07) is 6.83. The van der Waals surface area contributed by atoms with Crippen molar-refractivity contribution in [2.24, 2.45) is 10.7 Å². The third-order valence-corrected chi connectivity index (χ3v) is 6.24. The van der Waals surface area contributed by atoms with Gasteiger partial charge in [0.2, 0.25) is 0 Å². The Kier molecular flexibility index (Phi) is 4.62. The minimum Gasteiger partial charge on any atom is -0.378 e. The third kappa shape index (κ3) is 3.28. The quantitative estimate of drug-likeness (QED) is 0.695. The maximum atomic E-state index is 14.7. The molecule has 4 rings (SSSR count). The maximum absolute atomic E-state index is 14.7. The van der Waals surface area contributed by atoms with Crippen LogP contribution < -0.4 is 11.1 Å². The zero-order valence-electron chi connectivity index (χ0n) is 14.9. The van der Waals surface area contributed by atoms with Crippen LogP contribution in [-0.2, 0) is 5.54 Å². The lowest BCUT2D eigenvalue weighted by Gasteiger charge is -2.33. The molecule has 1 aliphatic carbocycles. The molecule has 0 unspecified atom stereocenters. The smallest absolute Gasteiger partial charge is 0.274 e. The van der Waals surface area contributed by atoms with Crippen LogP contribution in [-0.4, -0.2) is 27.2 Å². The van der Waals surface area contributed by atoms with Crippen LogP contribution in [0.25, 0.3) is 0 Å². The molecule has 0 saturated carbocycles. The molecule has 150 valence electrons. The number of nitrogens with one attached hydrogen (secondary N) is 1. The van der Waals surface area contributed by atoms with Gasteiger partial charge in [0.1, 0.15) is 21.8 Å². The van der Waals surface area contributed by atoms with Crippen molar-refractivity contribution in [2.75, 3.05) is 5.32 Å². The second-order valence-corrected chi connectivity index (χ2v) is 8.52. The number of carbonyl (C=O) groups excluding carboxylic acids is 1. The van der Waals surface area contributed by atoms with Crippen molar-refractivity contribution in [1.82, 2.24) is 4.98 Å². The Bertz CT molecular complexity index is 1080. The summed E-state index contributed by atoms with van der Waals surface area (Å²) in [5, 5.41) is 2.94. The van der Waals surface area contributed by atoms with Gasteiger partial charge in [-0.2, -0.15) is 0 Å². The van der Waals surface area contributed by atoms with E-state index in [1.807, 2.05) is 0 Å². The molecule has 29 heavy (non-hydrogen) atoms. The molecule has 10 heteroatoms. The fourth-order valence-electron chi connectivity index (χ4n) is 3.37. The lowest BCUT2D eigenvalue weighted by Crippen LogP contribution is -2.38.